The highest BCUT2D eigenvalue weighted by atomic mass is 16.6. The van der Waals surface area contributed by atoms with Gasteiger partial charge in [-0.25, -0.2) is 4.79 Å². The number of quaternary nitrogens is 1. The molecule has 3 unspecified atom stereocenters. The summed E-state index contributed by atoms with van der Waals surface area (Å²) in [5, 5.41) is 0. The van der Waals surface area contributed by atoms with Gasteiger partial charge in [-0.3, -0.25) is 9.28 Å². The van der Waals surface area contributed by atoms with Gasteiger partial charge in [0, 0.05) is 12.8 Å². The second kappa shape index (κ2) is 8.67. The molecule has 0 N–H and O–H groups in total. The molecule has 2 rings (SSSR count). The normalized spacial score (nSPS) is 23.7. The SMILES string of the molecule is COC(=O)C1CCC[N+]1(C)COC(=O)C(C)c1ccc(CC(C)C)cc1. The monoisotopic (exact) mass is 362 g/mol. The van der Waals surface area contributed by atoms with Gasteiger partial charge in [-0.05, 0) is 30.4 Å². The highest BCUT2D eigenvalue weighted by molar-refractivity contribution is 5.77. The van der Waals surface area contributed by atoms with Crippen molar-refractivity contribution >= 4 is 11.9 Å². The zero-order valence-corrected chi connectivity index (χ0v) is 16.7. The quantitative estimate of drug-likeness (QED) is 0.552. The van der Waals surface area contributed by atoms with Crippen LogP contribution in [0.5, 0.6) is 0 Å². The van der Waals surface area contributed by atoms with Crippen LogP contribution in [0.15, 0.2) is 24.3 Å². The van der Waals surface area contributed by atoms with Crippen LogP contribution >= 0.6 is 0 Å². The summed E-state index contributed by atoms with van der Waals surface area (Å²) in [4.78, 5) is 24.5. The van der Waals surface area contributed by atoms with E-state index in [-0.39, 0.29) is 30.6 Å². The fourth-order valence-electron chi connectivity index (χ4n) is 3.66. The van der Waals surface area contributed by atoms with Crippen LogP contribution in [-0.4, -0.2) is 49.9 Å². The molecule has 3 atom stereocenters. The Morgan fingerprint density at radius 3 is 2.42 bits per heavy atom. The zero-order chi connectivity index (χ0) is 19.3. The molecule has 0 radical (unpaired) electrons. The van der Waals surface area contributed by atoms with Crippen molar-refractivity contribution in [1.29, 1.82) is 0 Å². The lowest BCUT2D eigenvalue weighted by atomic mass is 9.97. The first-order valence-electron chi connectivity index (χ1n) is 9.44. The van der Waals surface area contributed by atoms with Gasteiger partial charge >= 0.3 is 11.9 Å². The summed E-state index contributed by atoms with van der Waals surface area (Å²) in [7, 11) is 3.36. The number of nitrogens with zero attached hydrogens (tertiary/aromatic N) is 1. The minimum atomic E-state index is -0.325. The maximum Gasteiger partial charge on any atom is 0.364 e. The van der Waals surface area contributed by atoms with Gasteiger partial charge in [0.05, 0.1) is 26.6 Å². The molecule has 1 aliphatic heterocycles. The number of likely N-dealkylation sites (tertiary alicyclic amines) is 1. The van der Waals surface area contributed by atoms with E-state index in [0.29, 0.717) is 10.4 Å². The summed E-state index contributed by atoms with van der Waals surface area (Å²) in [6, 6.07) is 7.93. The highest BCUT2D eigenvalue weighted by Gasteiger charge is 2.44. The van der Waals surface area contributed by atoms with Crippen molar-refractivity contribution in [3.05, 3.63) is 35.4 Å². The third-order valence-electron chi connectivity index (χ3n) is 5.35. The van der Waals surface area contributed by atoms with Crippen LogP contribution in [-0.2, 0) is 25.5 Å². The Labute approximate surface area is 156 Å². The molecule has 1 saturated heterocycles. The van der Waals surface area contributed by atoms with Crippen molar-refractivity contribution in [2.75, 3.05) is 27.4 Å². The number of likely N-dealkylation sites (N-methyl/N-ethyl adjacent to an activating group) is 1. The van der Waals surface area contributed by atoms with Crippen LogP contribution in [0.1, 0.15) is 50.7 Å². The summed E-state index contributed by atoms with van der Waals surface area (Å²) >= 11 is 0. The number of hydrogen-bond acceptors (Lipinski definition) is 4. The van der Waals surface area contributed by atoms with Crippen molar-refractivity contribution in [3.8, 4) is 0 Å². The van der Waals surface area contributed by atoms with Crippen molar-refractivity contribution < 1.29 is 23.5 Å². The first kappa shape index (κ1) is 20.4. The van der Waals surface area contributed by atoms with Crippen LogP contribution in [0.4, 0.5) is 0 Å². The summed E-state index contributed by atoms with van der Waals surface area (Å²) in [5.41, 5.74) is 2.23. The first-order chi connectivity index (χ1) is 12.3. The number of methoxy groups -OCH3 is 1. The van der Waals surface area contributed by atoms with Crippen LogP contribution in [0.25, 0.3) is 0 Å². The Morgan fingerprint density at radius 2 is 1.85 bits per heavy atom. The smallest absolute Gasteiger partial charge is 0.364 e. The Balaban J connectivity index is 1.95. The second-order valence-electron chi connectivity index (χ2n) is 8.04. The fraction of sp³-hybridized carbons (Fsp3) is 0.619. The number of esters is 2. The molecule has 5 heteroatoms. The third-order valence-corrected chi connectivity index (χ3v) is 5.35. The van der Waals surface area contributed by atoms with Gasteiger partial charge in [-0.1, -0.05) is 38.1 Å². The molecular weight excluding hydrogens is 330 g/mol. The van der Waals surface area contributed by atoms with Crippen LogP contribution in [0.2, 0.25) is 0 Å². The third kappa shape index (κ3) is 4.85. The maximum absolute atomic E-state index is 12.5. The van der Waals surface area contributed by atoms with E-state index in [1.807, 2.05) is 26.1 Å². The van der Waals surface area contributed by atoms with Crippen molar-refractivity contribution in [2.45, 2.75) is 52.0 Å². The number of hydrogen-bond donors (Lipinski definition) is 0. The van der Waals surface area contributed by atoms with Gasteiger partial charge in [-0.15, -0.1) is 0 Å². The summed E-state index contributed by atoms with van der Waals surface area (Å²) in [6.07, 6.45) is 2.73. The minimum absolute atomic E-state index is 0.203. The number of carbonyl (C=O) groups excluding carboxylic acids is 2. The van der Waals surface area contributed by atoms with Gasteiger partial charge in [-0.2, -0.15) is 0 Å². The van der Waals surface area contributed by atoms with Crippen molar-refractivity contribution in [2.24, 2.45) is 5.92 Å². The average Bonchev–Trinajstić information content (AvgIpc) is 3.00. The van der Waals surface area contributed by atoms with Crippen molar-refractivity contribution in [3.63, 3.8) is 0 Å². The molecule has 0 bridgehead atoms. The molecular formula is C21H32NO4+. The van der Waals surface area contributed by atoms with Crippen LogP contribution in [0, 0.1) is 5.92 Å². The Kier molecular flexibility index (Phi) is 6.81. The Morgan fingerprint density at radius 1 is 1.19 bits per heavy atom. The Hall–Kier alpha value is -1.88. The Bertz CT molecular complexity index is 625. The molecule has 1 aromatic carbocycles. The van der Waals surface area contributed by atoms with E-state index in [4.69, 9.17) is 9.47 Å². The minimum Gasteiger partial charge on any atom is -0.465 e. The molecule has 1 aromatic rings. The lowest BCUT2D eigenvalue weighted by Crippen LogP contribution is -2.53. The van der Waals surface area contributed by atoms with Crippen LogP contribution < -0.4 is 0 Å². The van der Waals surface area contributed by atoms with Gasteiger partial charge in [0.25, 0.3) is 0 Å². The van der Waals surface area contributed by atoms with E-state index in [2.05, 4.69) is 26.0 Å². The van der Waals surface area contributed by atoms with E-state index >= 15 is 0 Å². The van der Waals surface area contributed by atoms with Gasteiger partial charge in [0.1, 0.15) is 0 Å². The molecule has 1 aliphatic rings. The van der Waals surface area contributed by atoms with Gasteiger partial charge in [0.2, 0.25) is 6.73 Å². The fourth-order valence-corrected chi connectivity index (χ4v) is 3.66. The summed E-state index contributed by atoms with van der Waals surface area (Å²) in [6.45, 7) is 7.26. The zero-order valence-electron chi connectivity index (χ0n) is 16.7. The molecule has 5 nitrogen and oxygen atoms in total. The number of rotatable bonds is 7. The largest absolute Gasteiger partial charge is 0.465 e. The molecule has 1 heterocycles. The summed E-state index contributed by atoms with van der Waals surface area (Å²) in [5.74, 6) is -0.198. The lowest BCUT2D eigenvalue weighted by molar-refractivity contribution is -0.929. The molecule has 1 fully saturated rings. The van der Waals surface area contributed by atoms with E-state index in [1.54, 1.807) is 0 Å². The molecule has 0 amide bonds. The molecule has 0 spiro atoms. The predicted molar refractivity (Wildman–Crippen MR) is 100 cm³/mol. The molecule has 0 saturated carbocycles. The standard InChI is InChI=1S/C21H32NO4/c1-15(2)13-17-8-10-18(11-9-17)16(3)20(23)26-14-22(4)12-6-7-19(22)21(24)25-5/h8-11,15-16,19H,6-7,12-14H2,1-5H3/q+1. The summed E-state index contributed by atoms with van der Waals surface area (Å²) < 4.78 is 10.9. The first-order valence-corrected chi connectivity index (χ1v) is 9.44. The van der Waals surface area contributed by atoms with Gasteiger partial charge < -0.3 is 9.47 Å². The van der Waals surface area contributed by atoms with E-state index in [0.717, 1.165) is 31.4 Å². The highest BCUT2D eigenvalue weighted by Crippen LogP contribution is 2.27. The number of carbonyl (C=O) groups is 2. The van der Waals surface area contributed by atoms with Gasteiger partial charge in [0.15, 0.2) is 6.04 Å². The number of benzene rings is 1. The topological polar surface area (TPSA) is 52.6 Å². The molecule has 26 heavy (non-hydrogen) atoms. The van der Waals surface area contributed by atoms with E-state index < -0.39 is 0 Å². The lowest BCUT2D eigenvalue weighted by Gasteiger charge is -2.33. The maximum atomic E-state index is 12.5. The van der Waals surface area contributed by atoms with Crippen LogP contribution in [0.3, 0.4) is 0 Å². The molecule has 0 aromatic heterocycles. The molecule has 144 valence electrons. The predicted octanol–water partition coefficient (Wildman–Crippen LogP) is 3.27. The average molecular weight is 362 g/mol. The van der Waals surface area contributed by atoms with E-state index in [1.165, 1.54) is 12.7 Å². The van der Waals surface area contributed by atoms with E-state index in [9.17, 15) is 9.59 Å². The number of ether oxygens (including phenoxy) is 2. The molecule has 0 aliphatic carbocycles. The van der Waals surface area contributed by atoms with Crippen molar-refractivity contribution in [1.82, 2.24) is 0 Å². The second-order valence-corrected chi connectivity index (χ2v) is 8.04.